The standard InChI is InChI=1S/C34H38F3N7O2/c1-23-7-4-8-24-9-5-10-29(31(23)24)42-14-12-27-28(20-42)39-33(46-21-25-17-34(36,37)22-41(25)3)40-32(27)43-15-16-44(26(19-43)18-38-2)30(45)11-6-13-35/h4-11,25-26H,12-22H2,1,3H3/b11-6+/t25-,26-/m0/s1. The number of alkyl halides is 3. The van der Waals surface area contributed by atoms with Crippen molar-refractivity contribution in [2.24, 2.45) is 0 Å². The minimum Gasteiger partial charge on any atom is -0.462 e. The van der Waals surface area contributed by atoms with E-state index in [-0.39, 0.29) is 38.0 Å². The number of benzene rings is 2. The van der Waals surface area contributed by atoms with Gasteiger partial charge in [0.2, 0.25) is 12.5 Å². The van der Waals surface area contributed by atoms with Crippen LogP contribution in [0.1, 0.15) is 23.2 Å². The number of halogens is 3. The molecule has 0 saturated carbocycles. The lowest BCUT2D eigenvalue weighted by Gasteiger charge is -2.41. The molecule has 0 unspecified atom stereocenters. The summed E-state index contributed by atoms with van der Waals surface area (Å²) < 4.78 is 47.0. The first-order chi connectivity index (χ1) is 22.2. The molecule has 3 aliphatic heterocycles. The molecule has 1 amide bonds. The molecule has 0 N–H and O–H groups in total. The van der Waals surface area contributed by atoms with Crippen LogP contribution in [0.15, 0.2) is 48.6 Å². The number of anilines is 2. The third-order valence-electron chi connectivity index (χ3n) is 9.21. The molecular formula is C34H38F3N7O2. The fourth-order valence-corrected chi connectivity index (χ4v) is 6.95. The molecule has 2 fully saturated rings. The van der Waals surface area contributed by atoms with E-state index < -0.39 is 24.7 Å². The van der Waals surface area contributed by atoms with E-state index in [0.29, 0.717) is 38.4 Å². The van der Waals surface area contributed by atoms with Crippen molar-refractivity contribution in [3.63, 3.8) is 0 Å². The highest BCUT2D eigenvalue weighted by molar-refractivity contribution is 5.97. The van der Waals surface area contributed by atoms with E-state index in [1.807, 2.05) is 0 Å². The SMILES string of the molecule is [C-]#[N+]C[C@H]1CN(c2nc(OC[C@@H]3CC(F)(F)CN3C)nc3c2CCN(c2cccc4cccc(C)c24)C3)CCN1C(=O)/C=C/CF. The maximum atomic E-state index is 14.1. The minimum atomic E-state index is -2.77. The highest BCUT2D eigenvalue weighted by Gasteiger charge is 2.43. The van der Waals surface area contributed by atoms with Gasteiger partial charge in [0, 0.05) is 61.4 Å². The van der Waals surface area contributed by atoms with E-state index in [9.17, 15) is 18.0 Å². The Hall–Kier alpha value is -4.37. The third kappa shape index (κ3) is 6.47. The number of likely N-dealkylation sites (tertiary alicyclic amines) is 1. The minimum absolute atomic E-state index is 0.0279. The Morgan fingerprint density at radius 2 is 1.93 bits per heavy atom. The van der Waals surface area contributed by atoms with Gasteiger partial charge < -0.3 is 24.3 Å². The molecule has 6 rings (SSSR count). The van der Waals surface area contributed by atoms with Crippen LogP contribution in [0, 0.1) is 13.5 Å². The molecule has 0 bridgehead atoms. The summed E-state index contributed by atoms with van der Waals surface area (Å²) in [6.07, 6.45) is 2.77. The highest BCUT2D eigenvalue weighted by Crippen LogP contribution is 2.36. The Morgan fingerprint density at radius 3 is 2.67 bits per heavy atom. The quantitative estimate of drug-likeness (QED) is 0.264. The molecule has 0 aliphatic carbocycles. The van der Waals surface area contributed by atoms with Crippen molar-refractivity contribution in [1.82, 2.24) is 19.8 Å². The average Bonchev–Trinajstić information content (AvgIpc) is 3.32. The number of allylic oxidation sites excluding steroid dienone is 1. The van der Waals surface area contributed by atoms with Gasteiger partial charge in [-0.05, 0) is 43.5 Å². The maximum absolute atomic E-state index is 14.1. The monoisotopic (exact) mass is 633 g/mol. The second-order valence-corrected chi connectivity index (χ2v) is 12.3. The van der Waals surface area contributed by atoms with Crippen LogP contribution in [0.3, 0.4) is 0 Å². The van der Waals surface area contributed by atoms with Crippen LogP contribution in [0.5, 0.6) is 6.01 Å². The molecular weight excluding hydrogens is 595 g/mol. The van der Waals surface area contributed by atoms with E-state index in [1.165, 1.54) is 23.1 Å². The topological polar surface area (TPSA) is 69.4 Å². The first kappa shape index (κ1) is 31.6. The van der Waals surface area contributed by atoms with Crippen LogP contribution in [0.2, 0.25) is 0 Å². The zero-order valence-corrected chi connectivity index (χ0v) is 26.1. The van der Waals surface area contributed by atoms with Gasteiger partial charge in [-0.3, -0.25) is 9.69 Å². The summed E-state index contributed by atoms with van der Waals surface area (Å²) in [5.74, 6) is -2.41. The van der Waals surface area contributed by atoms with E-state index in [4.69, 9.17) is 21.3 Å². The second kappa shape index (κ2) is 13.2. The van der Waals surface area contributed by atoms with Crippen LogP contribution in [-0.4, -0.2) is 103 Å². The normalized spacial score (nSPS) is 21.5. The predicted octanol–water partition coefficient (Wildman–Crippen LogP) is 4.68. The van der Waals surface area contributed by atoms with Gasteiger partial charge in [0.25, 0.3) is 5.92 Å². The Balaban J connectivity index is 1.32. The molecule has 2 atom stereocenters. The predicted molar refractivity (Wildman–Crippen MR) is 171 cm³/mol. The van der Waals surface area contributed by atoms with E-state index in [1.54, 1.807) is 16.8 Å². The van der Waals surface area contributed by atoms with Crippen LogP contribution in [-0.2, 0) is 17.8 Å². The van der Waals surface area contributed by atoms with Crippen molar-refractivity contribution in [3.05, 3.63) is 76.8 Å². The Labute approximate surface area is 267 Å². The van der Waals surface area contributed by atoms with Gasteiger partial charge in [-0.25, -0.2) is 19.7 Å². The highest BCUT2D eigenvalue weighted by atomic mass is 19.3. The van der Waals surface area contributed by atoms with Gasteiger partial charge in [-0.2, -0.15) is 9.97 Å². The van der Waals surface area contributed by atoms with Crippen molar-refractivity contribution in [2.45, 2.75) is 44.3 Å². The van der Waals surface area contributed by atoms with Crippen molar-refractivity contribution in [3.8, 4) is 6.01 Å². The number of ether oxygens (including phenoxy) is 1. The van der Waals surface area contributed by atoms with Crippen LogP contribution < -0.4 is 14.5 Å². The number of nitrogens with zero attached hydrogens (tertiary/aromatic N) is 7. The van der Waals surface area contributed by atoms with Gasteiger partial charge in [0.15, 0.2) is 0 Å². The second-order valence-electron chi connectivity index (χ2n) is 12.3. The number of hydrogen-bond donors (Lipinski definition) is 0. The number of amides is 1. The number of rotatable bonds is 8. The smallest absolute Gasteiger partial charge is 0.318 e. The summed E-state index contributed by atoms with van der Waals surface area (Å²) in [5.41, 5.74) is 4.07. The lowest BCUT2D eigenvalue weighted by atomic mass is 9.99. The number of aryl methyl sites for hydroxylation is 1. The number of fused-ring (bicyclic) bond motifs is 2. The molecule has 2 aromatic carbocycles. The van der Waals surface area contributed by atoms with Gasteiger partial charge >= 0.3 is 6.01 Å². The van der Waals surface area contributed by atoms with Crippen LogP contribution >= 0.6 is 0 Å². The molecule has 4 heterocycles. The number of aromatic nitrogens is 2. The molecule has 46 heavy (non-hydrogen) atoms. The molecule has 12 heteroatoms. The molecule has 3 aromatic rings. The summed E-state index contributed by atoms with van der Waals surface area (Å²) in [6, 6.07) is 11.8. The molecule has 2 saturated heterocycles. The molecule has 3 aliphatic rings. The zero-order valence-electron chi connectivity index (χ0n) is 26.1. The number of hydrogen-bond acceptors (Lipinski definition) is 7. The fraction of sp³-hybridized carbons (Fsp3) is 0.471. The first-order valence-electron chi connectivity index (χ1n) is 15.6. The summed E-state index contributed by atoms with van der Waals surface area (Å²) in [5, 5.41) is 2.35. The molecule has 0 radical (unpaired) electrons. The number of piperazine rings is 1. The summed E-state index contributed by atoms with van der Waals surface area (Å²) in [7, 11) is 1.67. The van der Waals surface area contributed by atoms with Crippen molar-refractivity contribution in [2.75, 3.05) is 69.4 Å². The van der Waals surface area contributed by atoms with Gasteiger partial charge in [-0.15, -0.1) is 0 Å². The van der Waals surface area contributed by atoms with Crippen molar-refractivity contribution in [1.29, 1.82) is 0 Å². The first-order valence-corrected chi connectivity index (χ1v) is 15.6. The number of carbonyl (C=O) groups is 1. The zero-order chi connectivity index (χ0) is 32.4. The maximum Gasteiger partial charge on any atom is 0.318 e. The largest absolute Gasteiger partial charge is 0.462 e. The van der Waals surface area contributed by atoms with E-state index in [2.05, 4.69) is 58.0 Å². The van der Waals surface area contributed by atoms with Gasteiger partial charge in [0.1, 0.15) is 25.1 Å². The number of likely N-dealkylation sites (N-methyl/N-ethyl adjacent to an activating group) is 1. The van der Waals surface area contributed by atoms with Crippen molar-refractivity contribution >= 4 is 28.2 Å². The molecule has 9 nitrogen and oxygen atoms in total. The average molecular weight is 634 g/mol. The third-order valence-corrected chi connectivity index (χ3v) is 9.21. The van der Waals surface area contributed by atoms with Gasteiger partial charge in [0.05, 0.1) is 18.8 Å². The molecule has 1 aromatic heterocycles. The summed E-state index contributed by atoms with van der Waals surface area (Å²) in [4.78, 5) is 33.6. The van der Waals surface area contributed by atoms with E-state index >= 15 is 0 Å². The number of carbonyl (C=O) groups excluding carboxylic acids is 1. The lowest BCUT2D eigenvalue weighted by Crippen LogP contribution is -2.56. The Morgan fingerprint density at radius 1 is 1.13 bits per heavy atom. The fourth-order valence-electron chi connectivity index (χ4n) is 6.95. The lowest BCUT2D eigenvalue weighted by molar-refractivity contribution is -0.128. The summed E-state index contributed by atoms with van der Waals surface area (Å²) in [6.45, 7) is 11.1. The Bertz CT molecular complexity index is 1670. The van der Waals surface area contributed by atoms with E-state index in [0.717, 1.165) is 28.9 Å². The molecule has 242 valence electrons. The Kier molecular flexibility index (Phi) is 9.04. The van der Waals surface area contributed by atoms with Crippen LogP contribution in [0.4, 0.5) is 24.7 Å². The summed E-state index contributed by atoms with van der Waals surface area (Å²) >= 11 is 0. The van der Waals surface area contributed by atoms with Gasteiger partial charge in [-0.1, -0.05) is 30.3 Å². The van der Waals surface area contributed by atoms with Crippen molar-refractivity contribution < 1.29 is 22.7 Å². The molecule has 0 spiro atoms. The van der Waals surface area contributed by atoms with Crippen LogP contribution in [0.25, 0.3) is 15.6 Å².